The highest BCUT2D eigenvalue weighted by Gasteiger charge is 2.17. The first kappa shape index (κ1) is 8.23. The number of rotatable bonds is 0. The lowest BCUT2D eigenvalue weighted by molar-refractivity contribution is 0.293. The van der Waals surface area contributed by atoms with Gasteiger partial charge in [-0.15, -0.1) is 0 Å². The lowest BCUT2D eigenvalue weighted by atomic mass is 10.1. The number of nitrogens with two attached hydrogens (primary N) is 1. The molecule has 3 heteroatoms. The molecule has 0 aliphatic carbocycles. The highest BCUT2D eigenvalue weighted by Crippen LogP contribution is 2.35. The Morgan fingerprint density at radius 3 is 3.08 bits per heavy atom. The van der Waals surface area contributed by atoms with Crippen LogP contribution in [0.25, 0.3) is 0 Å². The minimum atomic E-state index is 0.355. The first-order chi connectivity index (χ1) is 6.16. The van der Waals surface area contributed by atoms with Crippen molar-refractivity contribution in [3.8, 4) is 5.75 Å². The second kappa shape index (κ2) is 2.83. The van der Waals surface area contributed by atoms with Crippen molar-refractivity contribution in [3.05, 3.63) is 17.7 Å². The Kier molecular flexibility index (Phi) is 1.79. The number of fused-ring (bicyclic) bond motifs is 1. The normalized spacial score (nSPS) is 20.0. The van der Waals surface area contributed by atoms with Crippen LogP contribution in [0.1, 0.15) is 12.5 Å². The molecule has 1 atom stereocenters. The van der Waals surface area contributed by atoms with Crippen molar-refractivity contribution in [2.24, 2.45) is 0 Å². The van der Waals surface area contributed by atoms with E-state index in [-0.39, 0.29) is 0 Å². The quantitative estimate of drug-likeness (QED) is 0.595. The minimum absolute atomic E-state index is 0.355. The maximum atomic E-state index is 5.82. The second-order valence-electron chi connectivity index (χ2n) is 3.59. The summed E-state index contributed by atoms with van der Waals surface area (Å²) in [6.45, 7) is 4.79. The summed E-state index contributed by atoms with van der Waals surface area (Å²) in [6, 6.07) is 4.34. The van der Waals surface area contributed by atoms with Gasteiger partial charge in [-0.3, -0.25) is 0 Å². The van der Waals surface area contributed by atoms with Gasteiger partial charge in [0.05, 0.1) is 17.4 Å². The SMILES string of the molecule is Cc1cc(N)c2c(c1)NC(C)CO2. The van der Waals surface area contributed by atoms with Gasteiger partial charge in [0.2, 0.25) is 0 Å². The fraction of sp³-hybridized carbons (Fsp3) is 0.400. The molecule has 0 bridgehead atoms. The smallest absolute Gasteiger partial charge is 0.165 e. The van der Waals surface area contributed by atoms with Gasteiger partial charge < -0.3 is 15.8 Å². The highest BCUT2D eigenvalue weighted by molar-refractivity contribution is 5.71. The van der Waals surface area contributed by atoms with Gasteiger partial charge in [0.25, 0.3) is 0 Å². The van der Waals surface area contributed by atoms with Crippen LogP contribution in [0.3, 0.4) is 0 Å². The number of anilines is 2. The van der Waals surface area contributed by atoms with E-state index in [1.54, 1.807) is 0 Å². The van der Waals surface area contributed by atoms with Crippen LogP contribution in [0.15, 0.2) is 12.1 Å². The van der Waals surface area contributed by atoms with Gasteiger partial charge in [-0.05, 0) is 31.5 Å². The van der Waals surface area contributed by atoms with Crippen molar-refractivity contribution in [2.75, 3.05) is 17.7 Å². The van der Waals surface area contributed by atoms with E-state index < -0.39 is 0 Å². The topological polar surface area (TPSA) is 47.3 Å². The molecule has 1 aliphatic rings. The molecule has 0 amide bonds. The maximum Gasteiger partial charge on any atom is 0.165 e. The van der Waals surface area contributed by atoms with Crippen LogP contribution >= 0.6 is 0 Å². The Hall–Kier alpha value is -1.38. The number of nitrogens with one attached hydrogen (secondary N) is 1. The molecule has 1 heterocycles. The third-order valence-electron chi connectivity index (χ3n) is 2.14. The van der Waals surface area contributed by atoms with Crippen molar-refractivity contribution >= 4 is 11.4 Å². The molecule has 3 N–H and O–H groups in total. The number of hydrogen-bond donors (Lipinski definition) is 2. The van der Waals surface area contributed by atoms with Crippen LogP contribution in [0.5, 0.6) is 5.75 Å². The number of benzene rings is 1. The third-order valence-corrected chi connectivity index (χ3v) is 2.14. The second-order valence-corrected chi connectivity index (χ2v) is 3.59. The van der Waals surface area contributed by atoms with Crippen LogP contribution in [0, 0.1) is 6.92 Å². The molecule has 0 fully saturated rings. The Morgan fingerprint density at radius 2 is 2.31 bits per heavy atom. The summed E-state index contributed by atoms with van der Waals surface area (Å²) in [4.78, 5) is 0. The standard InChI is InChI=1S/C10H14N2O/c1-6-3-8(11)10-9(4-6)12-7(2)5-13-10/h3-4,7,12H,5,11H2,1-2H3. The predicted octanol–water partition coefficient (Wildman–Crippen LogP) is 1.77. The summed E-state index contributed by atoms with van der Waals surface area (Å²) in [5, 5.41) is 3.34. The van der Waals surface area contributed by atoms with Crippen molar-refractivity contribution < 1.29 is 4.74 Å². The van der Waals surface area contributed by atoms with E-state index in [1.165, 1.54) is 0 Å². The summed E-state index contributed by atoms with van der Waals surface area (Å²) >= 11 is 0. The summed E-state index contributed by atoms with van der Waals surface area (Å²) in [7, 11) is 0. The zero-order valence-corrected chi connectivity index (χ0v) is 7.92. The zero-order chi connectivity index (χ0) is 9.42. The van der Waals surface area contributed by atoms with Crippen LogP contribution in [0.4, 0.5) is 11.4 Å². The van der Waals surface area contributed by atoms with Crippen molar-refractivity contribution in [3.63, 3.8) is 0 Å². The van der Waals surface area contributed by atoms with Crippen LogP contribution in [-0.4, -0.2) is 12.6 Å². The lowest BCUT2D eigenvalue weighted by Gasteiger charge is -2.26. The first-order valence-electron chi connectivity index (χ1n) is 4.46. The van der Waals surface area contributed by atoms with Gasteiger partial charge in [0, 0.05) is 0 Å². The predicted molar refractivity (Wildman–Crippen MR) is 54.2 cm³/mol. The third kappa shape index (κ3) is 1.41. The zero-order valence-electron chi connectivity index (χ0n) is 7.92. The summed E-state index contributed by atoms with van der Waals surface area (Å²) in [5.74, 6) is 0.795. The molecule has 1 unspecified atom stereocenters. The first-order valence-corrected chi connectivity index (χ1v) is 4.46. The molecule has 0 aromatic heterocycles. The Balaban J connectivity index is 2.47. The number of nitrogen functional groups attached to an aromatic ring is 1. The molecule has 1 aromatic carbocycles. The Labute approximate surface area is 77.9 Å². The summed E-state index contributed by atoms with van der Waals surface area (Å²) in [6.07, 6.45) is 0. The molecule has 0 saturated carbocycles. The van der Waals surface area contributed by atoms with E-state index in [2.05, 4.69) is 18.3 Å². The van der Waals surface area contributed by atoms with Gasteiger partial charge in [0.1, 0.15) is 6.61 Å². The van der Waals surface area contributed by atoms with Crippen molar-refractivity contribution in [1.29, 1.82) is 0 Å². The fourth-order valence-electron chi connectivity index (χ4n) is 1.58. The summed E-state index contributed by atoms with van der Waals surface area (Å²) < 4.78 is 5.53. The fourth-order valence-corrected chi connectivity index (χ4v) is 1.58. The highest BCUT2D eigenvalue weighted by atomic mass is 16.5. The molecule has 70 valence electrons. The van der Waals surface area contributed by atoms with Crippen molar-refractivity contribution in [1.82, 2.24) is 0 Å². The van der Waals surface area contributed by atoms with Gasteiger partial charge in [-0.2, -0.15) is 0 Å². The maximum absolute atomic E-state index is 5.82. The molecule has 0 spiro atoms. The average Bonchev–Trinajstić information content (AvgIpc) is 2.02. The van der Waals surface area contributed by atoms with E-state index >= 15 is 0 Å². The number of aryl methyl sites for hydroxylation is 1. The minimum Gasteiger partial charge on any atom is -0.487 e. The van der Waals surface area contributed by atoms with Crippen molar-refractivity contribution in [2.45, 2.75) is 19.9 Å². The van der Waals surface area contributed by atoms with Crippen LogP contribution in [0.2, 0.25) is 0 Å². The van der Waals surface area contributed by atoms with E-state index in [1.807, 2.05) is 13.0 Å². The van der Waals surface area contributed by atoms with E-state index in [4.69, 9.17) is 10.5 Å². The number of hydrogen-bond acceptors (Lipinski definition) is 3. The molecule has 2 rings (SSSR count). The molecule has 1 aromatic rings. The molecule has 3 nitrogen and oxygen atoms in total. The van der Waals surface area contributed by atoms with Gasteiger partial charge in [-0.1, -0.05) is 0 Å². The van der Waals surface area contributed by atoms with Crippen LogP contribution in [-0.2, 0) is 0 Å². The van der Waals surface area contributed by atoms with Gasteiger partial charge in [0.15, 0.2) is 5.75 Å². The van der Waals surface area contributed by atoms with Crippen LogP contribution < -0.4 is 15.8 Å². The molecular formula is C10H14N2O. The molecule has 0 radical (unpaired) electrons. The Morgan fingerprint density at radius 1 is 1.54 bits per heavy atom. The average molecular weight is 178 g/mol. The summed E-state index contributed by atoms with van der Waals surface area (Å²) in [5.41, 5.74) is 8.70. The van der Waals surface area contributed by atoms with Gasteiger partial charge >= 0.3 is 0 Å². The monoisotopic (exact) mass is 178 g/mol. The molecule has 1 aliphatic heterocycles. The van der Waals surface area contributed by atoms with Gasteiger partial charge in [-0.25, -0.2) is 0 Å². The molecular weight excluding hydrogens is 164 g/mol. The largest absolute Gasteiger partial charge is 0.487 e. The lowest BCUT2D eigenvalue weighted by Crippen LogP contribution is -2.28. The number of ether oxygens (including phenoxy) is 1. The van der Waals surface area contributed by atoms with E-state index in [9.17, 15) is 0 Å². The molecule has 0 saturated heterocycles. The van der Waals surface area contributed by atoms with E-state index in [0.29, 0.717) is 12.6 Å². The molecule has 13 heavy (non-hydrogen) atoms. The Bertz CT molecular complexity index is 336. The van der Waals surface area contributed by atoms with E-state index in [0.717, 1.165) is 22.7 Å².